The summed E-state index contributed by atoms with van der Waals surface area (Å²) in [5, 5.41) is 3.45. The van der Waals surface area contributed by atoms with Gasteiger partial charge in [0, 0.05) is 13.1 Å². The van der Waals surface area contributed by atoms with Crippen molar-refractivity contribution >= 4 is 16.3 Å². The van der Waals surface area contributed by atoms with Gasteiger partial charge in [0.05, 0.1) is 5.00 Å². The predicted octanol–water partition coefficient (Wildman–Crippen LogP) is 4.95. The van der Waals surface area contributed by atoms with E-state index in [2.05, 4.69) is 83.1 Å². The molecule has 0 aliphatic heterocycles. The Kier molecular flexibility index (Phi) is 4.14. The molecule has 0 aliphatic rings. The lowest BCUT2D eigenvalue weighted by Gasteiger charge is -2.23. The quantitative estimate of drug-likeness (QED) is 0.638. The van der Waals surface area contributed by atoms with Gasteiger partial charge in [0.25, 0.3) is 0 Å². The summed E-state index contributed by atoms with van der Waals surface area (Å²) >= 11 is 1.80. The molecule has 3 aromatic rings. The van der Waals surface area contributed by atoms with Crippen LogP contribution in [0.2, 0.25) is 0 Å². The summed E-state index contributed by atoms with van der Waals surface area (Å²) in [6.07, 6.45) is 0. The van der Waals surface area contributed by atoms with Gasteiger partial charge in [-0.15, -0.1) is 11.3 Å². The highest BCUT2D eigenvalue weighted by molar-refractivity contribution is 7.14. The average Bonchev–Trinajstić information content (AvgIpc) is 3.03. The molecule has 0 saturated heterocycles. The maximum absolute atomic E-state index is 2.43. The van der Waals surface area contributed by atoms with Gasteiger partial charge in [-0.2, -0.15) is 0 Å². The number of hydrogen-bond donors (Lipinski definition) is 0. The minimum absolute atomic E-state index is 0.941. The Balaban J connectivity index is 1.81. The van der Waals surface area contributed by atoms with Gasteiger partial charge in [0.1, 0.15) is 0 Å². The second kappa shape index (κ2) is 6.40. The van der Waals surface area contributed by atoms with Crippen LogP contribution in [0.4, 0.5) is 5.00 Å². The summed E-state index contributed by atoms with van der Waals surface area (Å²) in [6.45, 7) is 1.88. The molecule has 0 atom stereocenters. The molecule has 1 nitrogen and oxygen atoms in total. The maximum atomic E-state index is 2.43. The number of benzene rings is 2. The van der Waals surface area contributed by atoms with E-state index in [4.69, 9.17) is 0 Å². The first-order valence-corrected chi connectivity index (χ1v) is 7.66. The second-order valence-electron chi connectivity index (χ2n) is 4.78. The minimum Gasteiger partial charge on any atom is -0.355 e. The lowest BCUT2D eigenvalue weighted by atomic mass is 10.2. The van der Waals surface area contributed by atoms with E-state index in [0.29, 0.717) is 0 Å². The summed E-state index contributed by atoms with van der Waals surface area (Å²) in [5.74, 6) is 0. The van der Waals surface area contributed by atoms with Gasteiger partial charge in [-0.05, 0) is 28.6 Å². The van der Waals surface area contributed by atoms with Crippen LogP contribution < -0.4 is 4.90 Å². The van der Waals surface area contributed by atoms with Crippen molar-refractivity contribution in [3.05, 3.63) is 89.3 Å². The van der Waals surface area contributed by atoms with Crippen LogP contribution in [0.3, 0.4) is 0 Å². The number of rotatable bonds is 5. The van der Waals surface area contributed by atoms with Crippen LogP contribution in [0, 0.1) is 0 Å². The Morgan fingerprint density at radius 1 is 0.650 bits per heavy atom. The minimum atomic E-state index is 0.941. The summed E-state index contributed by atoms with van der Waals surface area (Å²) in [6, 6.07) is 25.6. The fourth-order valence-corrected chi connectivity index (χ4v) is 3.00. The van der Waals surface area contributed by atoms with Crippen LogP contribution >= 0.6 is 11.3 Å². The fraction of sp³-hybridized carbons (Fsp3) is 0.111. The standard InChI is InChI=1S/C18H17NS/c1-3-8-16(9-4-1)14-19(18-12-7-13-20-18)15-17-10-5-2-6-11-17/h1-13H,14-15H2. The highest BCUT2D eigenvalue weighted by Crippen LogP contribution is 2.25. The third-order valence-corrected chi connectivity index (χ3v) is 4.18. The molecular formula is C18H17NS. The largest absolute Gasteiger partial charge is 0.355 e. The zero-order chi connectivity index (χ0) is 13.6. The third kappa shape index (κ3) is 3.28. The van der Waals surface area contributed by atoms with Crippen molar-refractivity contribution < 1.29 is 0 Å². The van der Waals surface area contributed by atoms with Gasteiger partial charge < -0.3 is 4.90 Å². The van der Waals surface area contributed by atoms with Crippen LogP contribution in [0.5, 0.6) is 0 Å². The van der Waals surface area contributed by atoms with E-state index >= 15 is 0 Å². The van der Waals surface area contributed by atoms with Crippen molar-refractivity contribution in [3.63, 3.8) is 0 Å². The molecule has 100 valence electrons. The molecule has 2 aromatic carbocycles. The van der Waals surface area contributed by atoms with Gasteiger partial charge in [0.15, 0.2) is 0 Å². The first-order valence-electron chi connectivity index (χ1n) is 6.78. The van der Waals surface area contributed by atoms with Crippen molar-refractivity contribution in [1.82, 2.24) is 0 Å². The Bertz CT molecular complexity index is 576. The highest BCUT2D eigenvalue weighted by atomic mass is 32.1. The van der Waals surface area contributed by atoms with Gasteiger partial charge in [0.2, 0.25) is 0 Å². The highest BCUT2D eigenvalue weighted by Gasteiger charge is 2.09. The zero-order valence-electron chi connectivity index (χ0n) is 11.3. The number of hydrogen-bond acceptors (Lipinski definition) is 2. The molecule has 2 heteroatoms. The Hall–Kier alpha value is -2.06. The Morgan fingerprint density at radius 2 is 1.20 bits per heavy atom. The molecule has 0 radical (unpaired) electrons. The molecule has 0 saturated carbocycles. The molecule has 0 fully saturated rings. The summed E-state index contributed by atoms with van der Waals surface area (Å²) < 4.78 is 0. The molecular weight excluding hydrogens is 262 g/mol. The van der Waals surface area contributed by atoms with Gasteiger partial charge in [-0.25, -0.2) is 0 Å². The maximum Gasteiger partial charge on any atom is 0.0914 e. The van der Waals surface area contributed by atoms with Gasteiger partial charge in [-0.1, -0.05) is 60.7 Å². The van der Waals surface area contributed by atoms with E-state index < -0.39 is 0 Å². The first-order chi connectivity index (χ1) is 9.92. The zero-order valence-corrected chi connectivity index (χ0v) is 12.1. The number of nitrogens with zero attached hydrogens (tertiary/aromatic N) is 1. The second-order valence-corrected chi connectivity index (χ2v) is 5.70. The van der Waals surface area contributed by atoms with E-state index in [1.807, 2.05) is 0 Å². The topological polar surface area (TPSA) is 3.24 Å². The van der Waals surface area contributed by atoms with E-state index in [-0.39, 0.29) is 0 Å². The SMILES string of the molecule is c1ccc(CN(Cc2ccccc2)c2cccs2)cc1. The van der Waals surface area contributed by atoms with E-state index in [9.17, 15) is 0 Å². The summed E-state index contributed by atoms with van der Waals surface area (Å²) in [5.41, 5.74) is 2.69. The molecule has 0 aliphatic carbocycles. The van der Waals surface area contributed by atoms with Crippen molar-refractivity contribution in [3.8, 4) is 0 Å². The van der Waals surface area contributed by atoms with E-state index in [1.54, 1.807) is 11.3 Å². The predicted molar refractivity (Wildman–Crippen MR) is 87.1 cm³/mol. The van der Waals surface area contributed by atoms with E-state index in [0.717, 1.165) is 13.1 Å². The van der Waals surface area contributed by atoms with Crippen molar-refractivity contribution in [2.75, 3.05) is 4.90 Å². The molecule has 0 amide bonds. The molecule has 1 aromatic heterocycles. The molecule has 3 rings (SSSR count). The first kappa shape index (κ1) is 12.9. The van der Waals surface area contributed by atoms with Crippen LogP contribution in [-0.4, -0.2) is 0 Å². The molecule has 0 unspecified atom stereocenters. The van der Waals surface area contributed by atoms with Crippen molar-refractivity contribution in [2.24, 2.45) is 0 Å². The van der Waals surface area contributed by atoms with Gasteiger partial charge >= 0.3 is 0 Å². The molecule has 20 heavy (non-hydrogen) atoms. The normalized spacial score (nSPS) is 10.4. The molecule has 1 heterocycles. The summed E-state index contributed by atoms with van der Waals surface area (Å²) in [7, 11) is 0. The molecule has 0 N–H and O–H groups in total. The lowest BCUT2D eigenvalue weighted by molar-refractivity contribution is 0.809. The lowest BCUT2D eigenvalue weighted by Crippen LogP contribution is -2.20. The molecule has 0 bridgehead atoms. The Morgan fingerprint density at radius 3 is 1.65 bits per heavy atom. The average molecular weight is 279 g/mol. The smallest absolute Gasteiger partial charge is 0.0914 e. The summed E-state index contributed by atoms with van der Waals surface area (Å²) in [4.78, 5) is 2.43. The fourth-order valence-electron chi connectivity index (χ4n) is 2.27. The number of anilines is 1. The number of thiophene rings is 1. The van der Waals surface area contributed by atoms with Crippen molar-refractivity contribution in [1.29, 1.82) is 0 Å². The van der Waals surface area contributed by atoms with Crippen LogP contribution in [-0.2, 0) is 13.1 Å². The van der Waals surface area contributed by atoms with E-state index in [1.165, 1.54) is 16.1 Å². The van der Waals surface area contributed by atoms with Crippen molar-refractivity contribution in [2.45, 2.75) is 13.1 Å². The Labute approximate surface area is 124 Å². The third-order valence-electron chi connectivity index (χ3n) is 3.25. The molecule has 0 spiro atoms. The van der Waals surface area contributed by atoms with Crippen LogP contribution in [0.1, 0.15) is 11.1 Å². The van der Waals surface area contributed by atoms with Gasteiger partial charge in [-0.3, -0.25) is 0 Å². The monoisotopic (exact) mass is 279 g/mol. The van der Waals surface area contributed by atoms with Crippen LogP contribution in [0.15, 0.2) is 78.2 Å². The van der Waals surface area contributed by atoms with Crippen LogP contribution in [0.25, 0.3) is 0 Å².